The average Bonchev–Trinajstić information content (AvgIpc) is 2.98. The van der Waals surface area contributed by atoms with E-state index in [9.17, 15) is 9.59 Å². The SMILES string of the molecule is Cc1nn(C(C)(C)C)cc1C(=O)N1C[C@@H]2C[C@H]1CN2C(=O)C1CC1(C)C(C)C. The van der Waals surface area contributed by atoms with Gasteiger partial charge in [-0.15, -0.1) is 0 Å². The van der Waals surface area contributed by atoms with Crippen LogP contribution in [0.1, 0.15) is 70.4 Å². The maximum Gasteiger partial charge on any atom is 0.257 e. The molecule has 2 amide bonds. The number of likely N-dealkylation sites (tertiary alicyclic amines) is 2. The molecule has 28 heavy (non-hydrogen) atoms. The zero-order valence-corrected chi connectivity index (χ0v) is 18.3. The fourth-order valence-corrected chi connectivity index (χ4v) is 4.94. The lowest BCUT2D eigenvalue weighted by Crippen LogP contribution is -2.51. The minimum Gasteiger partial charge on any atom is -0.336 e. The predicted octanol–water partition coefficient (Wildman–Crippen LogP) is 3.05. The number of hydrogen-bond acceptors (Lipinski definition) is 3. The van der Waals surface area contributed by atoms with Crippen LogP contribution in [0.3, 0.4) is 0 Å². The van der Waals surface area contributed by atoms with Crippen LogP contribution in [0.5, 0.6) is 0 Å². The van der Waals surface area contributed by atoms with Crippen molar-refractivity contribution < 1.29 is 9.59 Å². The monoisotopic (exact) mass is 386 g/mol. The van der Waals surface area contributed by atoms with Crippen molar-refractivity contribution in [3.05, 3.63) is 17.5 Å². The van der Waals surface area contributed by atoms with Gasteiger partial charge in [0.05, 0.1) is 28.9 Å². The Morgan fingerprint density at radius 1 is 1.18 bits per heavy atom. The van der Waals surface area contributed by atoms with Crippen LogP contribution in [-0.2, 0) is 10.3 Å². The van der Waals surface area contributed by atoms with Crippen LogP contribution in [0.15, 0.2) is 6.20 Å². The Hall–Kier alpha value is -1.85. The van der Waals surface area contributed by atoms with E-state index in [0.29, 0.717) is 30.5 Å². The van der Waals surface area contributed by atoms with Gasteiger partial charge in [-0.05, 0) is 51.9 Å². The topological polar surface area (TPSA) is 58.4 Å². The molecule has 0 aromatic carbocycles. The van der Waals surface area contributed by atoms with Gasteiger partial charge in [-0.1, -0.05) is 20.8 Å². The molecule has 2 saturated heterocycles. The van der Waals surface area contributed by atoms with E-state index in [-0.39, 0.29) is 34.9 Å². The van der Waals surface area contributed by atoms with E-state index in [2.05, 4.69) is 51.5 Å². The number of nitrogens with zero attached hydrogens (tertiary/aromatic N) is 4. The van der Waals surface area contributed by atoms with Crippen molar-refractivity contribution in [1.29, 1.82) is 0 Å². The van der Waals surface area contributed by atoms with Gasteiger partial charge in [0.15, 0.2) is 0 Å². The first kappa shape index (κ1) is 19.5. The first-order valence-corrected chi connectivity index (χ1v) is 10.6. The number of fused-ring (bicyclic) bond motifs is 2. The minimum atomic E-state index is -0.149. The first-order valence-electron chi connectivity index (χ1n) is 10.6. The number of rotatable bonds is 3. The maximum atomic E-state index is 13.2. The van der Waals surface area contributed by atoms with Gasteiger partial charge in [-0.25, -0.2) is 0 Å². The third-order valence-electron chi connectivity index (χ3n) is 7.50. The highest BCUT2D eigenvalue weighted by Crippen LogP contribution is 2.58. The molecule has 3 heterocycles. The number of carbonyl (C=O) groups is 2. The molecule has 0 spiro atoms. The van der Waals surface area contributed by atoms with Gasteiger partial charge in [0.2, 0.25) is 5.91 Å². The smallest absolute Gasteiger partial charge is 0.257 e. The van der Waals surface area contributed by atoms with Crippen molar-refractivity contribution in [1.82, 2.24) is 19.6 Å². The first-order chi connectivity index (χ1) is 12.9. The molecule has 1 aromatic heterocycles. The fourth-order valence-electron chi connectivity index (χ4n) is 4.94. The van der Waals surface area contributed by atoms with Crippen molar-refractivity contribution >= 4 is 11.8 Å². The van der Waals surface area contributed by atoms with Gasteiger partial charge >= 0.3 is 0 Å². The van der Waals surface area contributed by atoms with Gasteiger partial charge < -0.3 is 9.80 Å². The molecular formula is C22H34N4O2. The van der Waals surface area contributed by atoms with E-state index in [1.807, 2.05) is 22.7 Å². The van der Waals surface area contributed by atoms with Gasteiger partial charge in [0.1, 0.15) is 0 Å². The van der Waals surface area contributed by atoms with E-state index in [4.69, 9.17) is 0 Å². The van der Waals surface area contributed by atoms with Crippen LogP contribution < -0.4 is 0 Å². The Bertz CT molecular complexity index is 821. The number of aromatic nitrogens is 2. The second kappa shape index (κ2) is 6.07. The van der Waals surface area contributed by atoms with Gasteiger partial charge in [-0.2, -0.15) is 5.10 Å². The summed E-state index contributed by atoms with van der Waals surface area (Å²) < 4.78 is 1.87. The molecule has 3 fully saturated rings. The zero-order valence-electron chi connectivity index (χ0n) is 18.3. The Balaban J connectivity index is 1.44. The van der Waals surface area contributed by atoms with E-state index in [0.717, 1.165) is 18.5 Å². The van der Waals surface area contributed by atoms with E-state index in [1.165, 1.54) is 0 Å². The summed E-state index contributed by atoms with van der Waals surface area (Å²) in [6.07, 6.45) is 3.80. The molecule has 1 saturated carbocycles. The molecule has 1 aromatic rings. The predicted molar refractivity (Wildman–Crippen MR) is 108 cm³/mol. The molecule has 6 nitrogen and oxygen atoms in total. The molecule has 0 N–H and O–H groups in total. The summed E-state index contributed by atoms with van der Waals surface area (Å²) >= 11 is 0. The Morgan fingerprint density at radius 3 is 2.25 bits per heavy atom. The van der Waals surface area contributed by atoms with Crippen LogP contribution in [0.25, 0.3) is 0 Å². The number of carbonyl (C=O) groups excluding carboxylic acids is 2. The van der Waals surface area contributed by atoms with Crippen LogP contribution >= 0.6 is 0 Å². The molecule has 154 valence electrons. The fraction of sp³-hybridized carbons (Fsp3) is 0.773. The molecule has 2 bridgehead atoms. The number of piperazine rings is 1. The number of amides is 2. The quantitative estimate of drug-likeness (QED) is 0.802. The van der Waals surface area contributed by atoms with Crippen molar-refractivity contribution in [2.45, 2.75) is 78.9 Å². The summed E-state index contributed by atoms with van der Waals surface area (Å²) in [6.45, 7) is 16.1. The summed E-state index contributed by atoms with van der Waals surface area (Å²) in [4.78, 5) is 30.3. The number of aryl methyl sites for hydroxylation is 1. The average molecular weight is 387 g/mol. The van der Waals surface area contributed by atoms with Gasteiger partial charge in [-0.3, -0.25) is 14.3 Å². The largest absolute Gasteiger partial charge is 0.336 e. The zero-order chi connectivity index (χ0) is 20.6. The molecule has 3 aliphatic rings. The lowest BCUT2D eigenvalue weighted by atomic mass is 9.91. The van der Waals surface area contributed by atoms with Crippen molar-refractivity contribution in [2.24, 2.45) is 17.3 Å². The summed E-state index contributed by atoms with van der Waals surface area (Å²) in [5.41, 5.74) is 1.48. The van der Waals surface area contributed by atoms with E-state index < -0.39 is 0 Å². The summed E-state index contributed by atoms with van der Waals surface area (Å²) in [5, 5.41) is 4.55. The van der Waals surface area contributed by atoms with Crippen LogP contribution in [0, 0.1) is 24.2 Å². The van der Waals surface area contributed by atoms with Crippen LogP contribution in [0.4, 0.5) is 0 Å². The highest BCUT2D eigenvalue weighted by Gasteiger charge is 2.59. The molecule has 2 unspecified atom stereocenters. The molecule has 0 radical (unpaired) electrons. The van der Waals surface area contributed by atoms with Crippen LogP contribution in [-0.4, -0.2) is 56.6 Å². The van der Waals surface area contributed by atoms with Gasteiger partial charge in [0, 0.05) is 25.2 Å². The molecule has 4 rings (SSSR count). The van der Waals surface area contributed by atoms with Crippen LogP contribution in [0.2, 0.25) is 0 Å². The molecule has 6 heteroatoms. The maximum absolute atomic E-state index is 13.2. The Labute approximate surface area is 168 Å². The Kier molecular flexibility index (Phi) is 4.22. The minimum absolute atomic E-state index is 0.0611. The standard InChI is InChI=1S/C22H34N4O2/c1-13(2)22(7)9-18(22)20(28)25-11-15-8-16(25)10-24(15)19(27)17-12-26(21(4,5)6)23-14(17)3/h12-13,15-16,18H,8-11H2,1-7H3/t15-,16-,18?,22?/m0/s1. The normalized spacial score (nSPS) is 31.8. The highest BCUT2D eigenvalue weighted by molar-refractivity contribution is 5.96. The third-order valence-corrected chi connectivity index (χ3v) is 7.50. The van der Waals surface area contributed by atoms with Crippen molar-refractivity contribution in [2.75, 3.05) is 13.1 Å². The molecular weight excluding hydrogens is 352 g/mol. The van der Waals surface area contributed by atoms with Crippen molar-refractivity contribution in [3.63, 3.8) is 0 Å². The molecule has 2 aliphatic heterocycles. The Morgan fingerprint density at radius 2 is 1.79 bits per heavy atom. The second-order valence-electron chi connectivity index (χ2n) is 10.7. The van der Waals surface area contributed by atoms with Crippen molar-refractivity contribution in [3.8, 4) is 0 Å². The molecule has 1 aliphatic carbocycles. The third kappa shape index (κ3) is 2.87. The number of hydrogen-bond donors (Lipinski definition) is 0. The lowest BCUT2D eigenvalue weighted by Gasteiger charge is -2.35. The highest BCUT2D eigenvalue weighted by atomic mass is 16.2. The summed E-state index contributed by atoms with van der Waals surface area (Å²) in [7, 11) is 0. The van der Waals surface area contributed by atoms with E-state index in [1.54, 1.807) is 0 Å². The second-order valence-corrected chi connectivity index (χ2v) is 10.7. The lowest BCUT2D eigenvalue weighted by molar-refractivity contribution is -0.135. The van der Waals surface area contributed by atoms with Gasteiger partial charge in [0.25, 0.3) is 5.91 Å². The summed E-state index contributed by atoms with van der Waals surface area (Å²) in [6, 6.07) is 0.319. The summed E-state index contributed by atoms with van der Waals surface area (Å²) in [5.74, 6) is 1.07. The molecule has 4 atom stereocenters. The van der Waals surface area contributed by atoms with E-state index >= 15 is 0 Å².